The molecule has 8 heteroatoms. The first-order chi connectivity index (χ1) is 11.6. The predicted molar refractivity (Wildman–Crippen MR) is 80.5 cm³/mol. The van der Waals surface area contributed by atoms with Crippen molar-refractivity contribution in [1.29, 1.82) is 5.26 Å². The van der Waals surface area contributed by atoms with Gasteiger partial charge in [-0.25, -0.2) is 4.98 Å². The third-order valence-electron chi connectivity index (χ3n) is 4.10. The Morgan fingerprint density at radius 3 is 2.83 bits per heavy atom. The fraction of sp³-hybridized carbons (Fsp3) is 0.438. The number of nitrogens with zero attached hydrogens (tertiary/aromatic N) is 4. The maximum atomic E-state index is 12.3. The average Bonchev–Trinajstić information content (AvgIpc) is 3.17. The van der Waals surface area contributed by atoms with Crippen LogP contribution in [0.5, 0.6) is 5.88 Å². The van der Waals surface area contributed by atoms with E-state index in [2.05, 4.69) is 4.98 Å². The van der Waals surface area contributed by atoms with E-state index in [-0.39, 0.29) is 43.2 Å². The molecule has 2 aliphatic rings. The van der Waals surface area contributed by atoms with Gasteiger partial charge in [0.15, 0.2) is 0 Å². The lowest BCUT2D eigenvalue weighted by atomic mass is 10.3. The van der Waals surface area contributed by atoms with Crippen LogP contribution < -0.4 is 4.74 Å². The van der Waals surface area contributed by atoms with Crippen molar-refractivity contribution in [3.05, 3.63) is 23.9 Å². The normalized spacial score (nSPS) is 20.4. The highest BCUT2D eigenvalue weighted by atomic mass is 16.5. The minimum atomic E-state index is -0.294. The van der Waals surface area contributed by atoms with E-state index in [0.717, 1.165) is 4.90 Å². The Balaban J connectivity index is 1.55. The molecule has 3 amide bonds. The first-order valence-electron chi connectivity index (χ1n) is 7.70. The van der Waals surface area contributed by atoms with Gasteiger partial charge in [0.1, 0.15) is 12.6 Å². The van der Waals surface area contributed by atoms with E-state index in [1.807, 2.05) is 6.07 Å². The molecule has 0 spiro atoms. The van der Waals surface area contributed by atoms with Crippen molar-refractivity contribution in [1.82, 2.24) is 14.8 Å². The van der Waals surface area contributed by atoms with Crippen LogP contribution in [0.15, 0.2) is 18.3 Å². The number of nitriles is 1. The minimum absolute atomic E-state index is 0.179. The number of hydrogen-bond acceptors (Lipinski definition) is 6. The Bertz CT molecular complexity index is 711. The highest BCUT2D eigenvalue weighted by Gasteiger charge is 2.34. The van der Waals surface area contributed by atoms with Crippen LogP contribution in [0.2, 0.25) is 0 Å². The van der Waals surface area contributed by atoms with E-state index in [1.165, 1.54) is 6.20 Å². The Morgan fingerprint density at radius 2 is 2.12 bits per heavy atom. The smallest absolute Gasteiger partial charge is 0.242 e. The Morgan fingerprint density at radius 1 is 1.38 bits per heavy atom. The fourth-order valence-corrected chi connectivity index (χ4v) is 2.80. The molecule has 0 bridgehead atoms. The van der Waals surface area contributed by atoms with Gasteiger partial charge in [0.2, 0.25) is 23.6 Å². The molecule has 1 atom stereocenters. The van der Waals surface area contributed by atoms with Crippen molar-refractivity contribution >= 4 is 17.7 Å². The summed E-state index contributed by atoms with van der Waals surface area (Å²) in [5.41, 5.74) is 0.456. The summed E-state index contributed by atoms with van der Waals surface area (Å²) in [6.07, 6.45) is 2.26. The number of aromatic nitrogens is 1. The Kier molecular flexibility index (Phi) is 4.42. The predicted octanol–water partition coefficient (Wildman–Crippen LogP) is 0.0820. The quantitative estimate of drug-likeness (QED) is 0.725. The molecule has 2 saturated heterocycles. The van der Waals surface area contributed by atoms with Gasteiger partial charge >= 0.3 is 0 Å². The monoisotopic (exact) mass is 328 g/mol. The zero-order valence-corrected chi connectivity index (χ0v) is 13.0. The second-order valence-corrected chi connectivity index (χ2v) is 5.74. The van der Waals surface area contributed by atoms with E-state index in [4.69, 9.17) is 10.00 Å². The molecule has 24 heavy (non-hydrogen) atoms. The van der Waals surface area contributed by atoms with Crippen LogP contribution in [0, 0.1) is 11.3 Å². The maximum absolute atomic E-state index is 12.3. The summed E-state index contributed by atoms with van der Waals surface area (Å²) in [6.45, 7) is 0.664. The number of carbonyl (C=O) groups is 3. The van der Waals surface area contributed by atoms with Gasteiger partial charge in [0.05, 0.1) is 18.2 Å². The van der Waals surface area contributed by atoms with Gasteiger partial charge in [-0.15, -0.1) is 0 Å². The molecule has 124 valence electrons. The number of rotatable bonds is 4. The first-order valence-corrected chi connectivity index (χ1v) is 7.70. The maximum Gasteiger partial charge on any atom is 0.242 e. The van der Waals surface area contributed by atoms with E-state index in [0.29, 0.717) is 31.0 Å². The van der Waals surface area contributed by atoms with Crippen molar-refractivity contribution in [3.63, 3.8) is 0 Å². The molecule has 0 aromatic carbocycles. The number of imide groups is 1. The minimum Gasteiger partial charge on any atom is -0.472 e. The Hall–Kier alpha value is -2.95. The van der Waals surface area contributed by atoms with Crippen LogP contribution in [0.25, 0.3) is 0 Å². The second kappa shape index (κ2) is 6.66. The zero-order chi connectivity index (χ0) is 17.1. The Labute approximate surface area is 138 Å². The van der Waals surface area contributed by atoms with Gasteiger partial charge in [-0.1, -0.05) is 0 Å². The van der Waals surface area contributed by atoms with Crippen molar-refractivity contribution in [2.45, 2.75) is 25.4 Å². The number of likely N-dealkylation sites (tertiary alicyclic amines) is 2. The van der Waals surface area contributed by atoms with Crippen molar-refractivity contribution < 1.29 is 19.1 Å². The molecule has 3 heterocycles. The van der Waals surface area contributed by atoms with Crippen LogP contribution in [0.4, 0.5) is 0 Å². The lowest BCUT2D eigenvalue weighted by Crippen LogP contribution is -2.42. The van der Waals surface area contributed by atoms with Crippen molar-refractivity contribution in [3.8, 4) is 11.9 Å². The summed E-state index contributed by atoms with van der Waals surface area (Å²) in [5, 5.41) is 8.87. The number of amides is 3. The molecule has 2 aliphatic heterocycles. The van der Waals surface area contributed by atoms with E-state index in [1.54, 1.807) is 17.0 Å². The first kappa shape index (κ1) is 15.9. The van der Waals surface area contributed by atoms with Gasteiger partial charge in [-0.05, 0) is 6.07 Å². The highest BCUT2D eigenvalue weighted by molar-refractivity contribution is 6.04. The summed E-state index contributed by atoms with van der Waals surface area (Å²) < 4.78 is 5.71. The SMILES string of the molecule is N#Cc1ccnc(OC2CCN(C(=O)CN3C(=O)CCC3=O)C2)c1. The van der Waals surface area contributed by atoms with E-state index in [9.17, 15) is 14.4 Å². The molecule has 0 aliphatic carbocycles. The molecular formula is C16H16N4O4. The van der Waals surface area contributed by atoms with Gasteiger partial charge < -0.3 is 9.64 Å². The molecule has 0 N–H and O–H groups in total. The van der Waals surface area contributed by atoms with E-state index >= 15 is 0 Å². The summed E-state index contributed by atoms with van der Waals surface area (Å²) in [6, 6.07) is 5.15. The molecule has 2 fully saturated rings. The fourth-order valence-electron chi connectivity index (χ4n) is 2.80. The van der Waals surface area contributed by atoms with E-state index < -0.39 is 0 Å². The van der Waals surface area contributed by atoms with Gasteiger partial charge in [-0.3, -0.25) is 19.3 Å². The van der Waals surface area contributed by atoms with Crippen molar-refractivity contribution in [2.24, 2.45) is 0 Å². The molecular weight excluding hydrogens is 312 g/mol. The van der Waals surface area contributed by atoms with Gasteiger partial charge in [0, 0.05) is 38.1 Å². The summed E-state index contributed by atoms with van der Waals surface area (Å²) in [4.78, 5) is 42.1. The lowest BCUT2D eigenvalue weighted by molar-refractivity contribution is -0.145. The average molecular weight is 328 g/mol. The van der Waals surface area contributed by atoms with Crippen LogP contribution in [-0.4, -0.2) is 58.2 Å². The molecule has 1 aromatic rings. The zero-order valence-electron chi connectivity index (χ0n) is 13.0. The summed E-state index contributed by atoms with van der Waals surface area (Å²) in [7, 11) is 0. The summed E-state index contributed by atoms with van der Waals surface area (Å²) in [5.74, 6) is -0.502. The number of ether oxygens (including phenoxy) is 1. The molecule has 8 nitrogen and oxygen atoms in total. The van der Waals surface area contributed by atoms with Crippen LogP contribution in [0.3, 0.4) is 0 Å². The van der Waals surface area contributed by atoms with Gasteiger partial charge in [0.25, 0.3) is 0 Å². The van der Waals surface area contributed by atoms with Crippen molar-refractivity contribution in [2.75, 3.05) is 19.6 Å². The number of carbonyl (C=O) groups excluding carboxylic acids is 3. The molecule has 1 aromatic heterocycles. The second-order valence-electron chi connectivity index (χ2n) is 5.74. The largest absolute Gasteiger partial charge is 0.472 e. The standard InChI is InChI=1S/C16H16N4O4/c17-8-11-3-5-18-13(7-11)24-12-4-6-19(9-12)16(23)10-20-14(21)1-2-15(20)22/h3,5,7,12H,1-2,4,6,9-10H2. The van der Waals surface area contributed by atoms with Gasteiger partial charge in [-0.2, -0.15) is 5.26 Å². The van der Waals surface area contributed by atoms with Crippen LogP contribution in [-0.2, 0) is 14.4 Å². The molecule has 1 unspecified atom stereocenters. The number of pyridine rings is 1. The lowest BCUT2D eigenvalue weighted by Gasteiger charge is -2.20. The number of hydrogen-bond donors (Lipinski definition) is 0. The third kappa shape index (κ3) is 3.35. The molecule has 0 radical (unpaired) electrons. The highest BCUT2D eigenvalue weighted by Crippen LogP contribution is 2.18. The van der Waals surface area contributed by atoms with Crippen LogP contribution in [0.1, 0.15) is 24.8 Å². The summed E-state index contributed by atoms with van der Waals surface area (Å²) >= 11 is 0. The third-order valence-corrected chi connectivity index (χ3v) is 4.10. The molecule has 3 rings (SSSR count). The topological polar surface area (TPSA) is 104 Å². The molecule has 0 saturated carbocycles. The van der Waals surface area contributed by atoms with Crippen LogP contribution >= 0.6 is 0 Å².